The third kappa shape index (κ3) is 4.35. The normalized spacial score (nSPS) is 10.2. The zero-order valence-corrected chi connectivity index (χ0v) is 11.2. The van der Waals surface area contributed by atoms with Gasteiger partial charge in [0.05, 0.1) is 25.0 Å². The fraction of sp³-hybridized carbons (Fsp3) is 0.267. The Hall–Kier alpha value is -2.43. The lowest BCUT2D eigenvalue weighted by molar-refractivity contribution is -0.121. The second-order valence-corrected chi connectivity index (χ2v) is 4.32. The van der Waals surface area contributed by atoms with Gasteiger partial charge in [-0.2, -0.15) is 0 Å². The minimum Gasteiger partial charge on any atom is -0.491 e. The van der Waals surface area contributed by atoms with E-state index in [1.165, 1.54) is 0 Å². The standard InChI is InChI=1S/C15H18N2O3/c16-13-5-1-2-6-14(13)20-11-8-15(18)17-9-7-12-4-3-10-19-12/h1-6,10H,7-9,11,16H2,(H,17,18). The van der Waals surface area contributed by atoms with Gasteiger partial charge in [-0.05, 0) is 24.3 Å². The van der Waals surface area contributed by atoms with E-state index in [2.05, 4.69) is 5.32 Å². The van der Waals surface area contributed by atoms with E-state index in [0.29, 0.717) is 37.4 Å². The zero-order valence-electron chi connectivity index (χ0n) is 11.2. The number of ether oxygens (including phenoxy) is 1. The highest BCUT2D eigenvalue weighted by Crippen LogP contribution is 2.19. The molecule has 1 heterocycles. The van der Waals surface area contributed by atoms with E-state index in [9.17, 15) is 4.79 Å². The Morgan fingerprint density at radius 1 is 1.25 bits per heavy atom. The largest absolute Gasteiger partial charge is 0.491 e. The molecule has 1 aromatic heterocycles. The van der Waals surface area contributed by atoms with Gasteiger partial charge >= 0.3 is 0 Å². The van der Waals surface area contributed by atoms with Crippen molar-refractivity contribution >= 4 is 11.6 Å². The first-order chi connectivity index (χ1) is 9.75. The molecule has 0 aliphatic rings. The first-order valence-corrected chi connectivity index (χ1v) is 6.52. The van der Waals surface area contributed by atoms with Crippen molar-refractivity contribution < 1.29 is 13.9 Å². The molecule has 0 aliphatic carbocycles. The van der Waals surface area contributed by atoms with Gasteiger partial charge in [0.2, 0.25) is 5.91 Å². The summed E-state index contributed by atoms with van der Waals surface area (Å²) < 4.78 is 10.6. The maximum absolute atomic E-state index is 11.6. The Morgan fingerprint density at radius 2 is 2.10 bits per heavy atom. The van der Waals surface area contributed by atoms with Gasteiger partial charge < -0.3 is 20.2 Å². The fourth-order valence-electron chi connectivity index (χ4n) is 1.73. The van der Waals surface area contributed by atoms with Crippen LogP contribution < -0.4 is 15.8 Å². The molecule has 0 unspecified atom stereocenters. The predicted molar refractivity (Wildman–Crippen MR) is 76.4 cm³/mol. The van der Waals surface area contributed by atoms with Crippen molar-refractivity contribution in [1.82, 2.24) is 5.32 Å². The fourth-order valence-corrected chi connectivity index (χ4v) is 1.73. The number of nitrogen functional groups attached to an aromatic ring is 1. The van der Waals surface area contributed by atoms with Gasteiger partial charge in [-0.1, -0.05) is 12.1 Å². The van der Waals surface area contributed by atoms with Crippen LogP contribution in [0.2, 0.25) is 0 Å². The molecule has 0 bridgehead atoms. The van der Waals surface area contributed by atoms with Crippen LogP contribution in [0.1, 0.15) is 12.2 Å². The average molecular weight is 274 g/mol. The summed E-state index contributed by atoms with van der Waals surface area (Å²) in [6.07, 6.45) is 2.60. The van der Waals surface area contributed by atoms with E-state index in [1.807, 2.05) is 24.3 Å². The molecule has 2 aromatic rings. The summed E-state index contributed by atoms with van der Waals surface area (Å²) in [7, 11) is 0. The molecule has 3 N–H and O–H groups in total. The summed E-state index contributed by atoms with van der Waals surface area (Å²) in [6, 6.07) is 10.9. The predicted octanol–water partition coefficient (Wildman–Crippen LogP) is 1.99. The number of rotatable bonds is 7. The number of hydrogen-bond donors (Lipinski definition) is 2. The number of benzene rings is 1. The van der Waals surface area contributed by atoms with Crippen LogP contribution >= 0.6 is 0 Å². The third-order valence-electron chi connectivity index (χ3n) is 2.78. The van der Waals surface area contributed by atoms with E-state index in [4.69, 9.17) is 14.9 Å². The highest BCUT2D eigenvalue weighted by molar-refractivity contribution is 5.76. The molecule has 5 nitrogen and oxygen atoms in total. The lowest BCUT2D eigenvalue weighted by atomic mass is 10.3. The van der Waals surface area contributed by atoms with Gasteiger partial charge in [0.25, 0.3) is 0 Å². The molecule has 1 amide bonds. The Morgan fingerprint density at radius 3 is 2.85 bits per heavy atom. The van der Waals surface area contributed by atoms with Gasteiger partial charge in [-0.15, -0.1) is 0 Å². The summed E-state index contributed by atoms with van der Waals surface area (Å²) in [4.78, 5) is 11.6. The second-order valence-electron chi connectivity index (χ2n) is 4.32. The van der Waals surface area contributed by atoms with Crippen molar-refractivity contribution in [3.05, 3.63) is 48.4 Å². The Kier molecular flexibility index (Phi) is 5.06. The molecule has 0 aliphatic heterocycles. The van der Waals surface area contributed by atoms with E-state index < -0.39 is 0 Å². The van der Waals surface area contributed by atoms with Crippen LogP contribution in [0.5, 0.6) is 5.75 Å². The molecule has 0 radical (unpaired) electrons. The minimum atomic E-state index is -0.0499. The number of anilines is 1. The van der Waals surface area contributed by atoms with Crippen LogP contribution in [0.3, 0.4) is 0 Å². The molecule has 2 rings (SSSR count). The van der Waals surface area contributed by atoms with Crippen molar-refractivity contribution in [2.45, 2.75) is 12.8 Å². The summed E-state index contributed by atoms with van der Waals surface area (Å²) in [5.74, 6) is 1.42. The van der Waals surface area contributed by atoms with Crippen LogP contribution in [-0.2, 0) is 11.2 Å². The molecule has 5 heteroatoms. The first-order valence-electron chi connectivity index (χ1n) is 6.52. The molecule has 0 saturated heterocycles. The van der Waals surface area contributed by atoms with Crippen LogP contribution in [0.25, 0.3) is 0 Å². The summed E-state index contributed by atoms with van der Waals surface area (Å²) in [6.45, 7) is 0.862. The lowest BCUT2D eigenvalue weighted by Gasteiger charge is -2.08. The van der Waals surface area contributed by atoms with Crippen molar-refractivity contribution in [2.75, 3.05) is 18.9 Å². The molecular weight excluding hydrogens is 256 g/mol. The van der Waals surface area contributed by atoms with Crippen LogP contribution in [0.4, 0.5) is 5.69 Å². The highest BCUT2D eigenvalue weighted by atomic mass is 16.5. The molecule has 106 valence electrons. The number of carbonyl (C=O) groups is 1. The summed E-state index contributed by atoms with van der Waals surface area (Å²) in [5.41, 5.74) is 6.31. The van der Waals surface area contributed by atoms with E-state index >= 15 is 0 Å². The van der Waals surface area contributed by atoms with Crippen LogP contribution in [-0.4, -0.2) is 19.1 Å². The van der Waals surface area contributed by atoms with Crippen LogP contribution in [0.15, 0.2) is 47.1 Å². The minimum absolute atomic E-state index is 0.0499. The maximum atomic E-state index is 11.6. The summed E-state index contributed by atoms with van der Waals surface area (Å²) in [5, 5.41) is 2.81. The number of nitrogens with one attached hydrogen (secondary N) is 1. The maximum Gasteiger partial charge on any atom is 0.223 e. The molecular formula is C15H18N2O3. The zero-order chi connectivity index (χ0) is 14.2. The topological polar surface area (TPSA) is 77.5 Å². The molecule has 20 heavy (non-hydrogen) atoms. The van der Waals surface area contributed by atoms with E-state index in [0.717, 1.165) is 5.76 Å². The number of hydrogen-bond acceptors (Lipinski definition) is 4. The molecule has 0 fully saturated rings. The van der Waals surface area contributed by atoms with E-state index in [-0.39, 0.29) is 5.91 Å². The first kappa shape index (κ1) is 14.0. The van der Waals surface area contributed by atoms with Gasteiger partial charge in [0, 0.05) is 13.0 Å². The smallest absolute Gasteiger partial charge is 0.223 e. The van der Waals surface area contributed by atoms with Gasteiger partial charge in [0.15, 0.2) is 0 Å². The number of carbonyl (C=O) groups excluding carboxylic acids is 1. The Bertz CT molecular complexity index is 538. The van der Waals surface area contributed by atoms with Crippen molar-refractivity contribution in [3.8, 4) is 5.75 Å². The van der Waals surface area contributed by atoms with Gasteiger partial charge in [-0.3, -0.25) is 4.79 Å². The van der Waals surface area contributed by atoms with E-state index in [1.54, 1.807) is 18.4 Å². The lowest BCUT2D eigenvalue weighted by Crippen LogP contribution is -2.26. The molecule has 0 spiro atoms. The molecule has 0 atom stereocenters. The third-order valence-corrected chi connectivity index (χ3v) is 2.78. The van der Waals surface area contributed by atoms with Crippen LogP contribution in [0, 0.1) is 0 Å². The van der Waals surface area contributed by atoms with Crippen molar-refractivity contribution in [1.29, 1.82) is 0 Å². The number of amides is 1. The SMILES string of the molecule is Nc1ccccc1OCCC(=O)NCCc1ccco1. The van der Waals surface area contributed by atoms with Crippen molar-refractivity contribution in [3.63, 3.8) is 0 Å². The Balaban J connectivity index is 1.62. The van der Waals surface area contributed by atoms with Crippen molar-refractivity contribution in [2.24, 2.45) is 0 Å². The second kappa shape index (κ2) is 7.23. The number of para-hydroxylation sites is 2. The van der Waals surface area contributed by atoms with Gasteiger partial charge in [0.1, 0.15) is 11.5 Å². The number of nitrogens with two attached hydrogens (primary N) is 1. The van der Waals surface area contributed by atoms with Gasteiger partial charge in [-0.25, -0.2) is 0 Å². The average Bonchev–Trinajstić information content (AvgIpc) is 2.94. The monoisotopic (exact) mass is 274 g/mol. The molecule has 0 saturated carbocycles. The summed E-state index contributed by atoms with van der Waals surface area (Å²) >= 11 is 0. The number of furan rings is 1. The molecule has 1 aromatic carbocycles. The highest BCUT2D eigenvalue weighted by Gasteiger charge is 2.04. The Labute approximate surface area is 117 Å². The quantitative estimate of drug-likeness (QED) is 0.757.